The summed E-state index contributed by atoms with van der Waals surface area (Å²) in [7, 11) is 1.70. The lowest BCUT2D eigenvalue weighted by Gasteiger charge is -2.26. The van der Waals surface area contributed by atoms with Gasteiger partial charge in [-0.05, 0) is 12.5 Å². The van der Waals surface area contributed by atoms with E-state index < -0.39 is 0 Å². The molecule has 1 rings (SSSR count). The normalized spacial score (nSPS) is 12.3. The minimum absolute atomic E-state index is 0.0458. The van der Waals surface area contributed by atoms with Crippen molar-refractivity contribution in [1.82, 2.24) is 4.90 Å². The van der Waals surface area contributed by atoms with Crippen molar-refractivity contribution in [3.05, 3.63) is 35.4 Å². The fraction of sp³-hybridized carbons (Fsp3) is 0.417. The van der Waals surface area contributed by atoms with Gasteiger partial charge >= 0.3 is 0 Å². The van der Waals surface area contributed by atoms with Crippen LogP contribution < -0.4 is 0 Å². The lowest BCUT2D eigenvalue weighted by Crippen LogP contribution is -2.31. The van der Waals surface area contributed by atoms with Gasteiger partial charge in [-0.3, -0.25) is 4.79 Å². The molecular formula is C12H17NO2. The van der Waals surface area contributed by atoms with Crippen LogP contribution in [0.4, 0.5) is 0 Å². The number of hydrogen-bond donors (Lipinski definition) is 1. The van der Waals surface area contributed by atoms with Gasteiger partial charge in [-0.2, -0.15) is 0 Å². The number of carbonyl (C=O) groups excluding carboxylic acids is 1. The van der Waals surface area contributed by atoms with E-state index in [1.165, 1.54) is 6.92 Å². The predicted molar refractivity (Wildman–Crippen MR) is 59.4 cm³/mol. The van der Waals surface area contributed by atoms with Gasteiger partial charge in [-0.25, -0.2) is 0 Å². The molecule has 0 aliphatic heterocycles. The van der Waals surface area contributed by atoms with Crippen molar-refractivity contribution >= 4 is 5.91 Å². The van der Waals surface area contributed by atoms with Crippen LogP contribution in [0.15, 0.2) is 24.3 Å². The molecule has 0 spiro atoms. The summed E-state index contributed by atoms with van der Waals surface area (Å²) in [6.07, 6.45) is 0. The molecule has 1 atom stereocenters. The van der Waals surface area contributed by atoms with Crippen molar-refractivity contribution in [1.29, 1.82) is 0 Å². The van der Waals surface area contributed by atoms with E-state index >= 15 is 0 Å². The van der Waals surface area contributed by atoms with Gasteiger partial charge in [0.15, 0.2) is 0 Å². The number of aliphatic hydroxyl groups excluding tert-OH is 1. The third-order valence-electron chi connectivity index (χ3n) is 2.56. The first-order valence-electron chi connectivity index (χ1n) is 4.97. The highest BCUT2D eigenvalue weighted by atomic mass is 16.3. The molecule has 0 saturated carbocycles. The molecule has 3 heteroatoms. The molecule has 0 aliphatic rings. The Hall–Kier alpha value is -1.35. The summed E-state index contributed by atoms with van der Waals surface area (Å²) in [5.74, 6) is -0.0458. The van der Waals surface area contributed by atoms with Gasteiger partial charge in [0, 0.05) is 14.0 Å². The summed E-state index contributed by atoms with van der Waals surface area (Å²) in [4.78, 5) is 12.8. The zero-order valence-corrected chi connectivity index (χ0v) is 9.40. The highest BCUT2D eigenvalue weighted by Gasteiger charge is 2.17. The molecule has 0 heterocycles. The number of aryl methyl sites for hydroxylation is 1. The van der Waals surface area contributed by atoms with Gasteiger partial charge < -0.3 is 10.0 Å². The summed E-state index contributed by atoms with van der Waals surface area (Å²) >= 11 is 0. The number of aliphatic hydroxyl groups is 1. The van der Waals surface area contributed by atoms with E-state index in [-0.39, 0.29) is 18.6 Å². The monoisotopic (exact) mass is 207 g/mol. The summed E-state index contributed by atoms with van der Waals surface area (Å²) in [6.45, 7) is 3.43. The van der Waals surface area contributed by atoms with Crippen LogP contribution in [0.5, 0.6) is 0 Å². The average molecular weight is 207 g/mol. The third-order valence-corrected chi connectivity index (χ3v) is 2.56. The second-order valence-electron chi connectivity index (χ2n) is 3.74. The molecule has 15 heavy (non-hydrogen) atoms. The van der Waals surface area contributed by atoms with Gasteiger partial charge in [-0.15, -0.1) is 0 Å². The third kappa shape index (κ3) is 2.80. The van der Waals surface area contributed by atoms with Crippen LogP contribution in [0.3, 0.4) is 0 Å². The molecule has 82 valence electrons. The molecule has 1 aromatic rings. The maximum Gasteiger partial charge on any atom is 0.219 e. The Morgan fingerprint density at radius 1 is 1.53 bits per heavy atom. The van der Waals surface area contributed by atoms with Crippen molar-refractivity contribution in [2.45, 2.75) is 19.9 Å². The maximum atomic E-state index is 11.2. The van der Waals surface area contributed by atoms with Gasteiger partial charge in [0.25, 0.3) is 0 Å². The van der Waals surface area contributed by atoms with Crippen LogP contribution in [-0.4, -0.2) is 29.6 Å². The molecule has 1 unspecified atom stereocenters. The van der Waals surface area contributed by atoms with E-state index in [2.05, 4.69) is 0 Å². The van der Waals surface area contributed by atoms with Crippen molar-refractivity contribution in [3.63, 3.8) is 0 Å². The number of likely N-dealkylation sites (N-methyl/N-ethyl adjacent to an activating group) is 1. The zero-order valence-electron chi connectivity index (χ0n) is 9.40. The fourth-order valence-corrected chi connectivity index (χ4v) is 1.55. The van der Waals surface area contributed by atoms with E-state index in [1.807, 2.05) is 31.2 Å². The fourth-order valence-electron chi connectivity index (χ4n) is 1.55. The highest BCUT2D eigenvalue weighted by molar-refractivity contribution is 5.73. The summed E-state index contributed by atoms with van der Waals surface area (Å²) in [6, 6.07) is 7.59. The molecule has 1 amide bonds. The van der Waals surface area contributed by atoms with Crippen LogP contribution in [-0.2, 0) is 4.79 Å². The van der Waals surface area contributed by atoms with E-state index in [4.69, 9.17) is 0 Å². The lowest BCUT2D eigenvalue weighted by molar-refractivity contribution is -0.130. The molecule has 0 fully saturated rings. The second kappa shape index (κ2) is 4.94. The Morgan fingerprint density at radius 2 is 2.20 bits per heavy atom. The van der Waals surface area contributed by atoms with E-state index in [0.717, 1.165) is 11.1 Å². The first kappa shape index (κ1) is 11.7. The number of amides is 1. The molecule has 0 radical (unpaired) electrons. The largest absolute Gasteiger partial charge is 0.394 e. The standard InChI is InChI=1S/C12H17NO2/c1-9-5-4-6-11(7-9)12(8-14)13(3)10(2)15/h4-7,12,14H,8H2,1-3H3. The smallest absolute Gasteiger partial charge is 0.219 e. The zero-order chi connectivity index (χ0) is 11.4. The maximum absolute atomic E-state index is 11.2. The summed E-state index contributed by atoms with van der Waals surface area (Å²) in [5, 5.41) is 9.30. The first-order valence-corrected chi connectivity index (χ1v) is 4.97. The second-order valence-corrected chi connectivity index (χ2v) is 3.74. The molecule has 1 aromatic carbocycles. The molecular weight excluding hydrogens is 190 g/mol. The molecule has 3 nitrogen and oxygen atoms in total. The van der Waals surface area contributed by atoms with E-state index in [1.54, 1.807) is 11.9 Å². The minimum atomic E-state index is -0.248. The molecule has 1 N–H and O–H groups in total. The van der Waals surface area contributed by atoms with Crippen LogP contribution in [0.1, 0.15) is 24.1 Å². The number of hydrogen-bond acceptors (Lipinski definition) is 2. The van der Waals surface area contributed by atoms with Gasteiger partial charge in [0.05, 0.1) is 12.6 Å². The van der Waals surface area contributed by atoms with E-state index in [0.29, 0.717) is 0 Å². The van der Waals surface area contributed by atoms with Crippen molar-refractivity contribution < 1.29 is 9.90 Å². The summed E-state index contributed by atoms with van der Waals surface area (Å²) < 4.78 is 0. The van der Waals surface area contributed by atoms with Crippen LogP contribution in [0.25, 0.3) is 0 Å². The Kier molecular flexibility index (Phi) is 3.86. The number of rotatable bonds is 3. The predicted octanol–water partition coefficient (Wildman–Crippen LogP) is 1.51. The van der Waals surface area contributed by atoms with Crippen LogP contribution in [0.2, 0.25) is 0 Å². The Labute approximate surface area is 90.3 Å². The Morgan fingerprint density at radius 3 is 2.67 bits per heavy atom. The van der Waals surface area contributed by atoms with Gasteiger partial charge in [-0.1, -0.05) is 29.8 Å². The van der Waals surface area contributed by atoms with Crippen LogP contribution in [0, 0.1) is 6.92 Å². The van der Waals surface area contributed by atoms with Crippen LogP contribution >= 0.6 is 0 Å². The van der Waals surface area contributed by atoms with Crippen molar-refractivity contribution in [3.8, 4) is 0 Å². The van der Waals surface area contributed by atoms with Crippen molar-refractivity contribution in [2.75, 3.05) is 13.7 Å². The lowest BCUT2D eigenvalue weighted by atomic mass is 10.0. The van der Waals surface area contributed by atoms with Gasteiger partial charge in [0.2, 0.25) is 5.91 Å². The Bertz CT molecular complexity index is 349. The highest BCUT2D eigenvalue weighted by Crippen LogP contribution is 2.19. The molecule has 0 saturated heterocycles. The number of nitrogens with zero attached hydrogens (tertiary/aromatic N) is 1. The number of benzene rings is 1. The summed E-state index contributed by atoms with van der Waals surface area (Å²) in [5.41, 5.74) is 2.10. The molecule has 0 aliphatic carbocycles. The quantitative estimate of drug-likeness (QED) is 0.816. The minimum Gasteiger partial charge on any atom is -0.394 e. The molecule has 0 aromatic heterocycles. The average Bonchev–Trinajstić information content (AvgIpc) is 2.18. The topological polar surface area (TPSA) is 40.5 Å². The first-order chi connectivity index (χ1) is 7.06. The molecule has 0 bridgehead atoms. The van der Waals surface area contributed by atoms with E-state index in [9.17, 15) is 9.90 Å². The van der Waals surface area contributed by atoms with Gasteiger partial charge in [0.1, 0.15) is 0 Å². The Balaban J connectivity index is 2.97. The van der Waals surface area contributed by atoms with Crippen molar-refractivity contribution in [2.24, 2.45) is 0 Å². The SMILES string of the molecule is CC(=O)N(C)C(CO)c1cccc(C)c1. The number of carbonyl (C=O) groups is 1.